The minimum absolute atomic E-state index is 0.0824. The van der Waals surface area contributed by atoms with Crippen LogP contribution in [0.1, 0.15) is 29.5 Å². The number of hydrogen-bond donors (Lipinski definition) is 1. The molecule has 0 aromatic heterocycles. The predicted octanol–water partition coefficient (Wildman–Crippen LogP) is 6.43. The van der Waals surface area contributed by atoms with Gasteiger partial charge in [-0.2, -0.15) is 5.26 Å². The SMILES string of the molecule is CCOc1cc(C2C(C#N)=C(N)Oc3cc(OC(=O)COc4ccc([N+](=O)[O-])cc4)ccc32)ccc1OCc1ccc(Cl)cc1. The van der Waals surface area contributed by atoms with Crippen LogP contribution in [0.4, 0.5) is 5.69 Å². The van der Waals surface area contributed by atoms with Gasteiger partial charge in [-0.1, -0.05) is 35.9 Å². The molecule has 4 aromatic rings. The van der Waals surface area contributed by atoms with Crippen molar-refractivity contribution in [3.05, 3.63) is 128 Å². The van der Waals surface area contributed by atoms with Gasteiger partial charge in [-0.3, -0.25) is 10.1 Å². The molecular weight excluding hydrogens is 602 g/mol. The Morgan fingerprint density at radius 1 is 0.978 bits per heavy atom. The van der Waals surface area contributed by atoms with Crippen LogP contribution in [-0.2, 0) is 11.4 Å². The molecule has 45 heavy (non-hydrogen) atoms. The summed E-state index contributed by atoms with van der Waals surface area (Å²) in [6, 6.07) is 25.0. The molecule has 1 aliphatic rings. The molecule has 1 atom stereocenters. The van der Waals surface area contributed by atoms with Crippen LogP contribution in [0.3, 0.4) is 0 Å². The van der Waals surface area contributed by atoms with Crippen LogP contribution in [0.5, 0.6) is 28.7 Å². The number of nitro benzene ring substituents is 1. The molecule has 4 aromatic carbocycles. The van der Waals surface area contributed by atoms with Crippen molar-refractivity contribution in [1.29, 1.82) is 5.26 Å². The Balaban J connectivity index is 1.34. The first-order chi connectivity index (χ1) is 21.7. The Morgan fingerprint density at radius 3 is 2.40 bits per heavy atom. The molecule has 11 nitrogen and oxygen atoms in total. The zero-order valence-corrected chi connectivity index (χ0v) is 24.7. The number of nitro groups is 1. The van der Waals surface area contributed by atoms with Crippen LogP contribution in [0.2, 0.25) is 5.02 Å². The van der Waals surface area contributed by atoms with Gasteiger partial charge in [0.2, 0.25) is 5.88 Å². The van der Waals surface area contributed by atoms with Gasteiger partial charge < -0.3 is 29.4 Å². The number of rotatable bonds is 11. The van der Waals surface area contributed by atoms with E-state index in [2.05, 4.69) is 6.07 Å². The van der Waals surface area contributed by atoms with Gasteiger partial charge in [-0.15, -0.1) is 0 Å². The largest absolute Gasteiger partial charge is 0.490 e. The quantitative estimate of drug-likeness (QED) is 0.0850. The van der Waals surface area contributed by atoms with Crippen LogP contribution in [0.15, 0.2) is 96.4 Å². The van der Waals surface area contributed by atoms with Crippen molar-refractivity contribution < 1.29 is 33.4 Å². The van der Waals surface area contributed by atoms with Crippen molar-refractivity contribution in [2.24, 2.45) is 5.73 Å². The smallest absolute Gasteiger partial charge is 0.349 e. The average Bonchev–Trinajstić information content (AvgIpc) is 3.03. The van der Waals surface area contributed by atoms with E-state index in [9.17, 15) is 20.2 Å². The van der Waals surface area contributed by atoms with Crippen molar-refractivity contribution in [3.63, 3.8) is 0 Å². The molecular formula is C33H26ClN3O8. The van der Waals surface area contributed by atoms with E-state index >= 15 is 0 Å². The number of non-ortho nitro benzene ring substituents is 1. The first-order valence-electron chi connectivity index (χ1n) is 13.7. The molecule has 0 saturated carbocycles. The number of esters is 1. The number of allylic oxidation sites excluding steroid dienone is 1. The number of nitriles is 1. The van der Waals surface area contributed by atoms with Gasteiger partial charge in [0.1, 0.15) is 35.5 Å². The van der Waals surface area contributed by atoms with Gasteiger partial charge in [0, 0.05) is 28.8 Å². The average molecular weight is 628 g/mol. The lowest BCUT2D eigenvalue weighted by molar-refractivity contribution is -0.384. The first kappa shape index (κ1) is 30.7. The van der Waals surface area contributed by atoms with E-state index in [0.29, 0.717) is 46.6 Å². The molecule has 228 valence electrons. The number of carbonyl (C=O) groups excluding carboxylic acids is 1. The number of halogens is 1. The summed E-state index contributed by atoms with van der Waals surface area (Å²) in [5.41, 5.74) is 8.55. The Labute approximate surface area is 263 Å². The lowest BCUT2D eigenvalue weighted by Gasteiger charge is -2.27. The van der Waals surface area contributed by atoms with E-state index in [1.807, 2.05) is 25.1 Å². The maximum Gasteiger partial charge on any atom is 0.349 e. The van der Waals surface area contributed by atoms with E-state index in [0.717, 1.165) is 5.56 Å². The van der Waals surface area contributed by atoms with Crippen molar-refractivity contribution >= 4 is 23.3 Å². The molecule has 0 aliphatic carbocycles. The zero-order valence-electron chi connectivity index (χ0n) is 23.9. The maximum atomic E-state index is 12.5. The molecule has 0 radical (unpaired) electrons. The lowest BCUT2D eigenvalue weighted by atomic mass is 9.83. The van der Waals surface area contributed by atoms with Gasteiger partial charge in [0.25, 0.3) is 5.69 Å². The highest BCUT2D eigenvalue weighted by Crippen LogP contribution is 2.45. The number of carbonyl (C=O) groups is 1. The monoisotopic (exact) mass is 627 g/mol. The number of hydrogen-bond acceptors (Lipinski definition) is 10. The van der Waals surface area contributed by atoms with E-state index < -0.39 is 23.4 Å². The van der Waals surface area contributed by atoms with Crippen molar-refractivity contribution in [2.45, 2.75) is 19.4 Å². The van der Waals surface area contributed by atoms with Crippen LogP contribution < -0.4 is 29.4 Å². The van der Waals surface area contributed by atoms with E-state index in [1.165, 1.54) is 30.3 Å². The second-order valence-electron chi connectivity index (χ2n) is 9.69. The molecule has 2 N–H and O–H groups in total. The molecule has 0 spiro atoms. The third-order valence-electron chi connectivity index (χ3n) is 6.73. The summed E-state index contributed by atoms with van der Waals surface area (Å²) >= 11 is 5.98. The highest BCUT2D eigenvalue weighted by molar-refractivity contribution is 6.30. The lowest BCUT2D eigenvalue weighted by Crippen LogP contribution is -2.22. The fourth-order valence-corrected chi connectivity index (χ4v) is 4.77. The first-order valence-corrected chi connectivity index (χ1v) is 14.1. The second-order valence-corrected chi connectivity index (χ2v) is 10.1. The third-order valence-corrected chi connectivity index (χ3v) is 6.99. The minimum atomic E-state index is -0.711. The number of fused-ring (bicyclic) bond motifs is 1. The number of benzene rings is 4. The summed E-state index contributed by atoms with van der Waals surface area (Å²) in [5, 5.41) is 21.4. The van der Waals surface area contributed by atoms with Gasteiger partial charge in [-0.25, -0.2) is 4.79 Å². The van der Waals surface area contributed by atoms with Gasteiger partial charge in [0.15, 0.2) is 18.1 Å². The molecule has 12 heteroatoms. The molecule has 0 bridgehead atoms. The van der Waals surface area contributed by atoms with Crippen LogP contribution in [-0.4, -0.2) is 24.1 Å². The van der Waals surface area contributed by atoms with Crippen LogP contribution in [0, 0.1) is 21.4 Å². The fraction of sp³-hybridized carbons (Fsp3) is 0.152. The van der Waals surface area contributed by atoms with Gasteiger partial charge in [0.05, 0.1) is 17.4 Å². The van der Waals surface area contributed by atoms with Crippen molar-refractivity contribution in [3.8, 4) is 34.8 Å². The van der Waals surface area contributed by atoms with E-state index in [4.69, 9.17) is 41.0 Å². The number of ether oxygens (including phenoxy) is 5. The van der Waals surface area contributed by atoms with Crippen molar-refractivity contribution in [1.82, 2.24) is 0 Å². The maximum absolute atomic E-state index is 12.5. The summed E-state index contributed by atoms with van der Waals surface area (Å²) in [6.45, 7) is 2.10. The summed E-state index contributed by atoms with van der Waals surface area (Å²) in [4.78, 5) is 22.7. The number of nitrogens with two attached hydrogens (primary N) is 1. The Bertz CT molecular complexity index is 1800. The molecule has 0 fully saturated rings. The Morgan fingerprint density at radius 2 is 1.71 bits per heavy atom. The topological polar surface area (TPSA) is 156 Å². The molecule has 5 rings (SSSR count). The Hall–Kier alpha value is -5.73. The van der Waals surface area contributed by atoms with E-state index in [1.54, 1.807) is 36.4 Å². The van der Waals surface area contributed by atoms with Gasteiger partial charge >= 0.3 is 5.97 Å². The highest BCUT2D eigenvalue weighted by atomic mass is 35.5. The highest BCUT2D eigenvalue weighted by Gasteiger charge is 2.32. The molecule has 1 aliphatic heterocycles. The van der Waals surface area contributed by atoms with Gasteiger partial charge in [-0.05, 0) is 60.5 Å². The Kier molecular flexibility index (Phi) is 9.36. The van der Waals surface area contributed by atoms with Crippen LogP contribution >= 0.6 is 11.6 Å². The molecule has 1 unspecified atom stereocenters. The summed E-state index contributed by atoms with van der Waals surface area (Å²) < 4.78 is 28.5. The molecule has 0 saturated heterocycles. The molecule has 0 amide bonds. The third kappa shape index (κ3) is 7.26. The summed E-state index contributed by atoms with van der Waals surface area (Å²) in [6.07, 6.45) is 0. The second kappa shape index (κ2) is 13.7. The standard InChI is InChI=1S/C33H26ClN3O8/c1-2-41-30-15-21(5-14-28(30)43-18-20-3-6-22(34)7-4-20)32-26-13-12-25(16-29(26)45-33(36)27(32)17-35)44-31(38)19-42-24-10-8-23(9-11-24)37(39)40/h3-16,32H,2,18-19,36H2,1H3. The normalized spacial score (nSPS) is 13.6. The van der Waals surface area contributed by atoms with Crippen LogP contribution in [0.25, 0.3) is 0 Å². The fourth-order valence-electron chi connectivity index (χ4n) is 4.64. The summed E-state index contributed by atoms with van der Waals surface area (Å²) in [5.74, 6) is 0.363. The minimum Gasteiger partial charge on any atom is -0.490 e. The predicted molar refractivity (Wildman–Crippen MR) is 163 cm³/mol. The molecule has 1 heterocycles. The van der Waals surface area contributed by atoms with E-state index in [-0.39, 0.29) is 28.6 Å². The van der Waals surface area contributed by atoms with Crippen molar-refractivity contribution in [2.75, 3.05) is 13.2 Å². The summed E-state index contributed by atoms with van der Waals surface area (Å²) in [7, 11) is 0. The number of nitrogens with zero attached hydrogens (tertiary/aromatic N) is 2. The zero-order chi connectivity index (χ0) is 31.9.